The second kappa shape index (κ2) is 9.18. The summed E-state index contributed by atoms with van der Waals surface area (Å²) < 4.78 is 2.86. The molecule has 1 aliphatic carbocycles. The van der Waals surface area contributed by atoms with Gasteiger partial charge in [-0.2, -0.15) is 10.2 Å². The molecule has 11 heteroatoms. The fraction of sp³-hybridized carbons (Fsp3) is 0.455. The Kier molecular flexibility index (Phi) is 6.11. The molecule has 9 nitrogen and oxygen atoms in total. The number of amides is 1. The van der Waals surface area contributed by atoms with Gasteiger partial charge < -0.3 is 9.88 Å². The van der Waals surface area contributed by atoms with Gasteiger partial charge in [-0.3, -0.25) is 4.79 Å². The lowest BCUT2D eigenvalue weighted by Gasteiger charge is -2.32. The van der Waals surface area contributed by atoms with E-state index in [2.05, 4.69) is 43.9 Å². The van der Waals surface area contributed by atoms with Gasteiger partial charge in [-0.15, -0.1) is 4.80 Å². The molecule has 1 aliphatic rings. The number of hydrogen-bond donors (Lipinski definition) is 1. The number of nitrogens with zero attached hydrogens (tertiary/aromatic N) is 7. The predicted octanol–water partition coefficient (Wildman–Crippen LogP) is 4.23. The molecule has 0 spiro atoms. The fourth-order valence-corrected chi connectivity index (χ4v) is 5.35. The molecule has 1 N–H and O–H groups in total. The van der Waals surface area contributed by atoms with Gasteiger partial charge in [0.15, 0.2) is 10.8 Å². The third-order valence-electron chi connectivity index (χ3n) is 5.87. The summed E-state index contributed by atoms with van der Waals surface area (Å²) in [6.45, 7) is 4.40. The zero-order valence-corrected chi connectivity index (χ0v) is 20.1. The van der Waals surface area contributed by atoms with Crippen molar-refractivity contribution in [2.24, 2.45) is 5.92 Å². The van der Waals surface area contributed by atoms with Crippen molar-refractivity contribution in [3.8, 4) is 5.82 Å². The Morgan fingerprint density at radius 2 is 2.06 bits per heavy atom. The van der Waals surface area contributed by atoms with Crippen LogP contribution in [0.1, 0.15) is 61.2 Å². The monoisotopic (exact) mass is 484 g/mol. The number of aromatic nitrogens is 7. The maximum atomic E-state index is 12.7. The average Bonchev–Trinajstić information content (AvgIpc) is 3.52. The van der Waals surface area contributed by atoms with Crippen LogP contribution in [-0.2, 0) is 6.42 Å². The lowest BCUT2D eigenvalue weighted by Crippen LogP contribution is -2.39. The maximum absolute atomic E-state index is 12.7. The summed E-state index contributed by atoms with van der Waals surface area (Å²) >= 11 is 7.15. The molecule has 1 amide bonds. The largest absolute Gasteiger partial charge is 0.347 e. The number of nitrogens with one attached hydrogen (secondary N) is 1. The van der Waals surface area contributed by atoms with Crippen LogP contribution in [0, 0.1) is 5.92 Å². The summed E-state index contributed by atoms with van der Waals surface area (Å²) in [6, 6.07) is 2.30. The van der Waals surface area contributed by atoms with Crippen molar-refractivity contribution < 1.29 is 4.79 Å². The number of fused-ring (bicyclic) bond motifs is 1. The van der Waals surface area contributed by atoms with Crippen molar-refractivity contribution in [1.82, 2.24) is 39.8 Å². The lowest BCUT2D eigenvalue weighted by atomic mass is 9.90. The lowest BCUT2D eigenvalue weighted by molar-refractivity contribution is 0.0920. The Bertz CT molecular complexity index is 1260. The van der Waals surface area contributed by atoms with E-state index < -0.39 is 0 Å². The molecule has 4 aromatic rings. The van der Waals surface area contributed by atoms with E-state index in [0.29, 0.717) is 21.1 Å². The second-order valence-corrected chi connectivity index (χ2v) is 10.5. The molecular formula is C22H25ClN8OS. The van der Waals surface area contributed by atoms with E-state index in [1.54, 1.807) is 18.6 Å². The van der Waals surface area contributed by atoms with E-state index in [9.17, 15) is 4.79 Å². The van der Waals surface area contributed by atoms with Crippen LogP contribution in [0.3, 0.4) is 0 Å². The standard InChI is InChI=1S/C22H25ClN8OS/c1-13(2)8-20-29-16-11-24-19(31-26-6-7-27-31)10-17(16)30(20)15-5-3-4-14(9-15)28-21(32)22-25-12-18(23)33-22/h6-7,10-15H,3-5,8-9H2,1-2H3,(H,28,32)/t14-,15+/m0/s1. The highest BCUT2D eigenvalue weighted by Crippen LogP contribution is 2.34. The molecule has 1 fully saturated rings. The van der Waals surface area contributed by atoms with E-state index >= 15 is 0 Å². The zero-order valence-electron chi connectivity index (χ0n) is 18.5. The molecule has 2 atom stereocenters. The third kappa shape index (κ3) is 4.63. The van der Waals surface area contributed by atoms with Gasteiger partial charge >= 0.3 is 0 Å². The number of hydrogen-bond acceptors (Lipinski definition) is 7. The van der Waals surface area contributed by atoms with Crippen molar-refractivity contribution in [1.29, 1.82) is 0 Å². The molecule has 4 aromatic heterocycles. The van der Waals surface area contributed by atoms with Crippen LogP contribution in [0.2, 0.25) is 4.34 Å². The molecule has 0 unspecified atom stereocenters. The molecule has 0 saturated heterocycles. The third-order valence-corrected chi connectivity index (χ3v) is 6.98. The Morgan fingerprint density at radius 3 is 2.79 bits per heavy atom. The number of carbonyl (C=O) groups is 1. The molecule has 0 aromatic carbocycles. The van der Waals surface area contributed by atoms with Gasteiger partial charge in [0.05, 0.1) is 30.3 Å². The van der Waals surface area contributed by atoms with Crippen molar-refractivity contribution in [2.45, 2.75) is 58.0 Å². The number of carbonyl (C=O) groups excluding carboxylic acids is 1. The minimum atomic E-state index is -0.160. The first-order valence-corrected chi connectivity index (χ1v) is 12.3. The summed E-state index contributed by atoms with van der Waals surface area (Å²) in [5.41, 5.74) is 1.89. The summed E-state index contributed by atoms with van der Waals surface area (Å²) in [5.74, 6) is 2.02. The van der Waals surface area contributed by atoms with Crippen molar-refractivity contribution in [3.63, 3.8) is 0 Å². The van der Waals surface area contributed by atoms with Crippen molar-refractivity contribution in [3.05, 3.63) is 46.0 Å². The first kappa shape index (κ1) is 22.0. The van der Waals surface area contributed by atoms with Crippen molar-refractivity contribution in [2.75, 3.05) is 0 Å². The summed E-state index contributed by atoms with van der Waals surface area (Å²) in [5, 5.41) is 12.0. The Labute approximate surface area is 200 Å². The van der Waals surface area contributed by atoms with Gasteiger partial charge in [-0.25, -0.2) is 15.0 Å². The van der Waals surface area contributed by atoms with Gasteiger partial charge in [0.1, 0.15) is 15.7 Å². The van der Waals surface area contributed by atoms with Gasteiger partial charge in [0, 0.05) is 24.6 Å². The van der Waals surface area contributed by atoms with Crippen LogP contribution in [-0.4, -0.2) is 46.5 Å². The van der Waals surface area contributed by atoms with Crippen LogP contribution in [0.5, 0.6) is 0 Å². The molecule has 172 valence electrons. The zero-order chi connectivity index (χ0) is 22.9. The van der Waals surface area contributed by atoms with Crippen LogP contribution in [0.25, 0.3) is 16.9 Å². The topological polar surface area (TPSA) is 103 Å². The first-order valence-electron chi connectivity index (χ1n) is 11.1. The fourth-order valence-electron chi connectivity index (χ4n) is 4.53. The van der Waals surface area contributed by atoms with Crippen LogP contribution >= 0.6 is 22.9 Å². The van der Waals surface area contributed by atoms with E-state index in [0.717, 1.165) is 49.0 Å². The van der Waals surface area contributed by atoms with Crippen LogP contribution in [0.4, 0.5) is 0 Å². The Morgan fingerprint density at radius 1 is 1.24 bits per heavy atom. The minimum Gasteiger partial charge on any atom is -0.347 e. The van der Waals surface area contributed by atoms with Gasteiger partial charge in [0.2, 0.25) is 0 Å². The predicted molar refractivity (Wildman–Crippen MR) is 127 cm³/mol. The molecule has 5 rings (SSSR count). The van der Waals surface area contributed by atoms with Crippen LogP contribution in [0.15, 0.2) is 30.9 Å². The minimum absolute atomic E-state index is 0.0670. The van der Waals surface area contributed by atoms with Gasteiger partial charge in [-0.05, 0) is 31.6 Å². The first-order chi connectivity index (χ1) is 16.0. The molecule has 0 aliphatic heterocycles. The number of halogens is 1. The molecule has 33 heavy (non-hydrogen) atoms. The smallest absolute Gasteiger partial charge is 0.280 e. The quantitative estimate of drug-likeness (QED) is 0.439. The van der Waals surface area contributed by atoms with Crippen molar-refractivity contribution >= 4 is 39.9 Å². The molecule has 1 saturated carbocycles. The number of thiazole rings is 1. The summed E-state index contributed by atoms with van der Waals surface area (Å²) in [6.07, 6.45) is 11.3. The molecule has 0 radical (unpaired) electrons. The normalized spacial score (nSPS) is 18.8. The van der Waals surface area contributed by atoms with E-state index in [-0.39, 0.29) is 18.0 Å². The number of pyridine rings is 1. The highest BCUT2D eigenvalue weighted by atomic mass is 35.5. The van der Waals surface area contributed by atoms with Gasteiger partial charge in [0.25, 0.3) is 5.91 Å². The molecule has 4 heterocycles. The Hall–Kier alpha value is -2.85. The molecular weight excluding hydrogens is 460 g/mol. The van der Waals surface area contributed by atoms with Crippen LogP contribution < -0.4 is 5.32 Å². The van der Waals surface area contributed by atoms with E-state index in [1.165, 1.54) is 22.3 Å². The maximum Gasteiger partial charge on any atom is 0.280 e. The number of rotatable bonds is 6. The summed E-state index contributed by atoms with van der Waals surface area (Å²) in [7, 11) is 0. The average molecular weight is 485 g/mol. The molecule has 0 bridgehead atoms. The summed E-state index contributed by atoms with van der Waals surface area (Å²) in [4.78, 5) is 27.7. The second-order valence-electron chi connectivity index (χ2n) is 8.81. The van der Waals surface area contributed by atoms with E-state index in [4.69, 9.17) is 16.6 Å². The number of imidazole rings is 1. The SMILES string of the molecule is CC(C)Cc1nc2cnc(-n3nccn3)cc2n1[C@@H]1CCC[C@H](NC(=O)c2ncc(Cl)s2)C1. The highest BCUT2D eigenvalue weighted by molar-refractivity contribution is 7.17. The Balaban J connectivity index is 1.46. The highest BCUT2D eigenvalue weighted by Gasteiger charge is 2.29. The van der Waals surface area contributed by atoms with E-state index in [1.807, 2.05) is 6.07 Å². The van der Waals surface area contributed by atoms with Gasteiger partial charge in [-0.1, -0.05) is 36.8 Å².